The minimum Gasteiger partial charge on any atom is -0.385 e. The predicted molar refractivity (Wildman–Crippen MR) is 121 cm³/mol. The van der Waals surface area contributed by atoms with Crippen molar-refractivity contribution in [2.45, 2.75) is 52.4 Å². The third-order valence-corrected chi connectivity index (χ3v) is 7.63. The van der Waals surface area contributed by atoms with E-state index in [0.29, 0.717) is 0 Å². The third kappa shape index (κ3) is 3.60. The quantitative estimate of drug-likeness (QED) is 0.302. The second-order valence-electron chi connectivity index (χ2n) is 7.27. The molecule has 0 unspecified atom stereocenters. The molecule has 3 heteroatoms. The van der Waals surface area contributed by atoms with Crippen LogP contribution in [0.3, 0.4) is 0 Å². The molecule has 0 atom stereocenters. The Morgan fingerprint density at radius 3 is 2.19 bits per heavy atom. The Morgan fingerprint density at radius 1 is 0.769 bits per heavy atom. The van der Waals surface area contributed by atoms with E-state index in [-0.39, 0.29) is 0 Å². The lowest BCUT2D eigenvalue weighted by atomic mass is 10.1. The van der Waals surface area contributed by atoms with Crippen LogP contribution in [0.25, 0.3) is 29.6 Å². The van der Waals surface area contributed by atoms with E-state index in [1.54, 1.807) is 0 Å². The maximum Gasteiger partial charge on any atom is 0.0542 e. The zero-order chi connectivity index (χ0) is 17.9. The highest BCUT2D eigenvalue weighted by atomic mass is 32.1. The Kier molecular flexibility index (Phi) is 5.46. The molecule has 0 fully saturated rings. The zero-order valence-electron chi connectivity index (χ0n) is 15.7. The normalized spacial score (nSPS) is 11.8. The summed E-state index contributed by atoms with van der Waals surface area (Å²) in [5.41, 5.74) is 2.61. The maximum atomic E-state index is 3.63. The fraction of sp³-hybridized carbons (Fsp3) is 0.391. The number of thiophene rings is 2. The topological polar surface area (TPSA) is 12.0 Å². The van der Waals surface area contributed by atoms with Gasteiger partial charge in [-0.25, -0.2) is 0 Å². The molecule has 4 rings (SSSR count). The Morgan fingerprint density at radius 2 is 1.42 bits per heavy atom. The SMILES string of the molecule is CCCCCCCCNc1ccc2sc3c4cc(C)ccc4sc3c2c1. The van der Waals surface area contributed by atoms with Gasteiger partial charge in [-0.3, -0.25) is 0 Å². The molecule has 0 bridgehead atoms. The number of aryl methyl sites for hydroxylation is 1. The second kappa shape index (κ2) is 7.98. The summed E-state index contributed by atoms with van der Waals surface area (Å²) in [6.07, 6.45) is 8.08. The number of anilines is 1. The van der Waals surface area contributed by atoms with E-state index in [1.165, 1.54) is 79.3 Å². The van der Waals surface area contributed by atoms with Crippen LogP contribution in [0.4, 0.5) is 5.69 Å². The van der Waals surface area contributed by atoms with Crippen molar-refractivity contribution < 1.29 is 0 Å². The molecule has 2 heterocycles. The highest BCUT2D eigenvalue weighted by molar-refractivity contribution is 7.36. The summed E-state index contributed by atoms with van der Waals surface area (Å²) in [5, 5.41) is 6.47. The molecule has 1 nitrogen and oxygen atoms in total. The first-order valence-corrected chi connectivity index (χ1v) is 11.5. The maximum absolute atomic E-state index is 3.63. The molecule has 1 N–H and O–H groups in total. The van der Waals surface area contributed by atoms with Gasteiger partial charge in [0.1, 0.15) is 0 Å². The van der Waals surface area contributed by atoms with Crippen molar-refractivity contribution in [3.8, 4) is 0 Å². The highest BCUT2D eigenvalue weighted by Crippen LogP contribution is 2.44. The predicted octanol–water partition coefficient (Wildman–Crippen LogP) is 8.35. The Balaban J connectivity index is 1.51. The molecule has 0 saturated carbocycles. The lowest BCUT2D eigenvalue weighted by Gasteiger charge is -2.06. The van der Waals surface area contributed by atoms with Gasteiger partial charge in [0.25, 0.3) is 0 Å². The van der Waals surface area contributed by atoms with E-state index in [9.17, 15) is 0 Å². The van der Waals surface area contributed by atoms with Crippen molar-refractivity contribution in [1.82, 2.24) is 0 Å². The smallest absolute Gasteiger partial charge is 0.0542 e. The van der Waals surface area contributed by atoms with Crippen LogP contribution in [0.1, 0.15) is 51.0 Å². The Labute approximate surface area is 164 Å². The molecule has 0 saturated heterocycles. The monoisotopic (exact) mass is 381 g/mol. The average molecular weight is 382 g/mol. The number of hydrogen-bond donors (Lipinski definition) is 1. The van der Waals surface area contributed by atoms with E-state index in [4.69, 9.17) is 0 Å². The van der Waals surface area contributed by atoms with E-state index in [1.807, 2.05) is 22.7 Å². The summed E-state index contributed by atoms with van der Waals surface area (Å²) in [6.45, 7) is 5.54. The van der Waals surface area contributed by atoms with Gasteiger partial charge in [-0.05, 0) is 43.7 Å². The van der Waals surface area contributed by atoms with Gasteiger partial charge < -0.3 is 5.32 Å². The lowest BCUT2D eigenvalue weighted by Crippen LogP contribution is -2.00. The van der Waals surface area contributed by atoms with Crippen molar-refractivity contribution in [2.75, 3.05) is 11.9 Å². The van der Waals surface area contributed by atoms with E-state index in [0.717, 1.165) is 6.54 Å². The number of fused-ring (bicyclic) bond motifs is 5. The highest BCUT2D eigenvalue weighted by Gasteiger charge is 2.12. The first-order valence-electron chi connectivity index (χ1n) is 9.85. The molecule has 0 aliphatic heterocycles. The minimum absolute atomic E-state index is 1.08. The van der Waals surface area contributed by atoms with Crippen LogP contribution >= 0.6 is 22.7 Å². The molecule has 0 aliphatic rings. The third-order valence-electron chi connectivity index (χ3n) is 5.09. The van der Waals surface area contributed by atoms with Gasteiger partial charge in [0.15, 0.2) is 0 Å². The summed E-state index contributed by atoms with van der Waals surface area (Å²) >= 11 is 3.87. The molecule has 0 amide bonds. The van der Waals surface area contributed by atoms with Crippen molar-refractivity contribution in [3.63, 3.8) is 0 Å². The first-order chi connectivity index (χ1) is 12.8. The first kappa shape index (κ1) is 17.8. The van der Waals surface area contributed by atoms with Crippen LogP contribution in [0.2, 0.25) is 0 Å². The van der Waals surface area contributed by atoms with Crippen LogP contribution in [-0.2, 0) is 0 Å². The number of unbranched alkanes of at least 4 members (excludes halogenated alkanes) is 5. The molecule has 4 aromatic rings. The molecule has 136 valence electrons. The standard InChI is InChI=1S/C23H27NS2/c1-3-4-5-6-7-8-13-24-17-10-12-21-19(15-17)23-22(26-21)18-14-16(2)9-11-20(18)25-23/h9-12,14-15,24H,3-8,13H2,1-2H3. The summed E-state index contributed by atoms with van der Waals surface area (Å²) in [5.74, 6) is 0. The lowest BCUT2D eigenvalue weighted by molar-refractivity contribution is 0.617. The zero-order valence-corrected chi connectivity index (χ0v) is 17.4. The molecule has 0 radical (unpaired) electrons. The number of benzene rings is 2. The molecular formula is C23H27NS2. The molecule has 26 heavy (non-hydrogen) atoms. The van der Waals surface area contributed by atoms with Crippen LogP contribution < -0.4 is 5.32 Å². The van der Waals surface area contributed by atoms with Crippen LogP contribution in [-0.4, -0.2) is 6.54 Å². The number of nitrogens with one attached hydrogen (secondary N) is 1. The molecule has 0 spiro atoms. The number of rotatable bonds is 8. The van der Waals surface area contributed by atoms with Crippen LogP contribution in [0.5, 0.6) is 0 Å². The van der Waals surface area contributed by atoms with Gasteiger partial charge in [0, 0.05) is 32.4 Å². The Bertz CT molecular complexity index is 1020. The van der Waals surface area contributed by atoms with E-state index >= 15 is 0 Å². The van der Waals surface area contributed by atoms with E-state index < -0.39 is 0 Å². The summed E-state index contributed by atoms with van der Waals surface area (Å²) < 4.78 is 5.72. The second-order valence-corrected chi connectivity index (χ2v) is 9.37. The van der Waals surface area contributed by atoms with Gasteiger partial charge in [0.2, 0.25) is 0 Å². The fourth-order valence-corrected chi connectivity index (χ4v) is 6.22. The average Bonchev–Trinajstić information content (AvgIpc) is 3.17. The Hall–Kier alpha value is -1.58. The van der Waals surface area contributed by atoms with Gasteiger partial charge in [-0.1, -0.05) is 50.7 Å². The van der Waals surface area contributed by atoms with Crippen molar-refractivity contribution in [1.29, 1.82) is 0 Å². The van der Waals surface area contributed by atoms with E-state index in [2.05, 4.69) is 55.6 Å². The molecule has 0 aliphatic carbocycles. The molecular weight excluding hydrogens is 354 g/mol. The minimum atomic E-state index is 1.08. The van der Waals surface area contributed by atoms with Gasteiger partial charge in [-0.2, -0.15) is 0 Å². The van der Waals surface area contributed by atoms with Crippen LogP contribution in [0, 0.1) is 6.92 Å². The van der Waals surface area contributed by atoms with Gasteiger partial charge in [0.05, 0.1) is 9.40 Å². The molecule has 2 aromatic heterocycles. The van der Waals surface area contributed by atoms with Gasteiger partial charge in [-0.15, -0.1) is 22.7 Å². The van der Waals surface area contributed by atoms with Gasteiger partial charge >= 0.3 is 0 Å². The van der Waals surface area contributed by atoms with Crippen LogP contribution in [0.15, 0.2) is 36.4 Å². The summed E-state index contributed by atoms with van der Waals surface area (Å²) in [4.78, 5) is 0. The van der Waals surface area contributed by atoms with Crippen molar-refractivity contribution >= 4 is 57.9 Å². The molecule has 2 aromatic carbocycles. The number of hydrogen-bond acceptors (Lipinski definition) is 3. The fourth-order valence-electron chi connectivity index (χ4n) is 3.62. The largest absolute Gasteiger partial charge is 0.385 e. The van der Waals surface area contributed by atoms with Crippen molar-refractivity contribution in [2.24, 2.45) is 0 Å². The van der Waals surface area contributed by atoms with Crippen molar-refractivity contribution in [3.05, 3.63) is 42.0 Å². The summed E-state index contributed by atoms with van der Waals surface area (Å²) in [6, 6.07) is 13.7. The summed E-state index contributed by atoms with van der Waals surface area (Å²) in [7, 11) is 0.